The Bertz CT molecular complexity index is 1740. The number of rotatable bonds is 9. The lowest BCUT2D eigenvalue weighted by Crippen LogP contribution is -2.28. The fourth-order valence-electron chi connectivity index (χ4n) is 4.57. The smallest absolute Gasteiger partial charge is 0.296 e. The van der Waals surface area contributed by atoms with E-state index in [1.165, 1.54) is 16.7 Å². The molecule has 0 bridgehead atoms. The van der Waals surface area contributed by atoms with E-state index in [2.05, 4.69) is 16.0 Å². The van der Waals surface area contributed by atoms with Gasteiger partial charge in [-0.25, -0.2) is 8.42 Å². The number of hydrogen-bond acceptors (Lipinski definition) is 8. The highest BCUT2D eigenvalue weighted by atomic mass is 32.2. The average molecular weight is 559 g/mol. The van der Waals surface area contributed by atoms with Crippen molar-refractivity contribution in [2.45, 2.75) is 62.7 Å². The van der Waals surface area contributed by atoms with Crippen LogP contribution in [0.1, 0.15) is 55.7 Å². The fraction of sp³-hybridized carbons (Fsp3) is 0.267. The highest BCUT2D eigenvalue weighted by Gasteiger charge is 2.32. The first-order chi connectivity index (χ1) is 19.1. The Balaban J connectivity index is 1.88. The number of nitriles is 1. The Labute approximate surface area is 233 Å². The molecule has 1 N–H and O–H groups in total. The minimum atomic E-state index is -4.47. The number of aromatic nitrogens is 3. The van der Waals surface area contributed by atoms with Gasteiger partial charge in [-0.15, -0.1) is 0 Å². The Hall–Kier alpha value is -4.33. The summed E-state index contributed by atoms with van der Waals surface area (Å²) < 4.78 is 34.6. The number of benzene rings is 2. The number of ether oxygens (including phenoxy) is 1. The van der Waals surface area contributed by atoms with Gasteiger partial charge in [0.2, 0.25) is 15.7 Å². The molecule has 0 saturated carbocycles. The van der Waals surface area contributed by atoms with Crippen molar-refractivity contribution in [3.8, 4) is 23.1 Å². The predicted octanol–water partition coefficient (Wildman–Crippen LogP) is 4.95. The van der Waals surface area contributed by atoms with Crippen molar-refractivity contribution in [2.24, 2.45) is 0 Å². The maximum atomic E-state index is 13.8. The van der Waals surface area contributed by atoms with Crippen LogP contribution in [0.3, 0.4) is 0 Å². The van der Waals surface area contributed by atoms with Gasteiger partial charge in [0.15, 0.2) is 4.90 Å². The first kappa shape index (κ1) is 28.7. The molecule has 0 aliphatic carbocycles. The zero-order valence-electron chi connectivity index (χ0n) is 22.7. The molecule has 2 aromatic carbocycles. The number of nitrogens with zero attached hydrogens (tertiary/aromatic N) is 4. The Kier molecular flexibility index (Phi) is 8.47. The third kappa shape index (κ3) is 5.66. The van der Waals surface area contributed by atoms with E-state index in [9.17, 15) is 23.6 Å². The zero-order valence-corrected chi connectivity index (χ0v) is 23.5. The molecule has 0 fully saturated rings. The Morgan fingerprint density at radius 2 is 1.85 bits per heavy atom. The van der Waals surface area contributed by atoms with Crippen LogP contribution in [-0.4, -0.2) is 34.2 Å². The molecule has 9 nitrogen and oxygen atoms in total. The van der Waals surface area contributed by atoms with Crippen LogP contribution >= 0.6 is 0 Å². The Morgan fingerprint density at radius 1 is 1.12 bits per heavy atom. The molecule has 4 rings (SSSR count). The molecule has 2 heterocycles. The zero-order chi connectivity index (χ0) is 29.0. The lowest BCUT2D eigenvalue weighted by atomic mass is 10.0. The third-order valence-corrected chi connectivity index (χ3v) is 8.33. The van der Waals surface area contributed by atoms with Gasteiger partial charge in [-0.05, 0) is 79.8 Å². The van der Waals surface area contributed by atoms with Gasteiger partial charge in [0, 0.05) is 12.4 Å². The fourth-order valence-corrected chi connectivity index (χ4v) is 5.91. The van der Waals surface area contributed by atoms with E-state index in [4.69, 9.17) is 4.74 Å². The molecule has 10 heteroatoms. The van der Waals surface area contributed by atoms with E-state index in [0.29, 0.717) is 17.5 Å². The summed E-state index contributed by atoms with van der Waals surface area (Å²) in [6, 6.07) is 16.2. The quantitative estimate of drug-likeness (QED) is 0.305. The van der Waals surface area contributed by atoms with Gasteiger partial charge in [-0.2, -0.15) is 10.2 Å². The maximum Gasteiger partial charge on any atom is 0.296 e. The van der Waals surface area contributed by atoms with Crippen LogP contribution in [-0.2, 0) is 21.2 Å². The highest BCUT2D eigenvalue weighted by molar-refractivity contribution is 7.91. The van der Waals surface area contributed by atoms with Crippen LogP contribution in [0.5, 0.6) is 5.88 Å². The standard InChI is InChI=1S/C30H30N4O5S/c1-5-26(23-8-6-7-21(15-23)16-31)34-27(18-39-19(2)3)33-29(35)28(30(34)36)40(37,38)24-11-9-22(10-12-24)25-13-14-32-17-20(25)4/h6-15,17,19,26,36H,5,18H2,1-4H3. The second kappa shape index (κ2) is 11.8. The van der Waals surface area contributed by atoms with E-state index in [1.54, 1.807) is 48.8 Å². The number of hydrogen-bond donors (Lipinski definition) is 1. The average Bonchev–Trinajstić information content (AvgIpc) is 2.94. The predicted molar refractivity (Wildman–Crippen MR) is 150 cm³/mol. The summed E-state index contributed by atoms with van der Waals surface area (Å²) >= 11 is 0. The van der Waals surface area contributed by atoms with Gasteiger partial charge < -0.3 is 9.84 Å². The molecule has 2 aromatic heterocycles. The molecule has 1 atom stereocenters. The van der Waals surface area contributed by atoms with Gasteiger partial charge in [0.05, 0.1) is 28.7 Å². The summed E-state index contributed by atoms with van der Waals surface area (Å²) in [5.41, 5.74) is 2.57. The van der Waals surface area contributed by atoms with Crippen LogP contribution in [0.25, 0.3) is 11.1 Å². The van der Waals surface area contributed by atoms with E-state index < -0.39 is 32.2 Å². The summed E-state index contributed by atoms with van der Waals surface area (Å²) in [7, 11) is -4.47. The van der Waals surface area contributed by atoms with Gasteiger partial charge >= 0.3 is 0 Å². The van der Waals surface area contributed by atoms with Crippen LogP contribution in [0, 0.1) is 18.3 Å². The van der Waals surface area contributed by atoms with Crippen molar-refractivity contribution in [3.63, 3.8) is 0 Å². The normalized spacial score (nSPS) is 12.3. The molecule has 0 spiro atoms. The van der Waals surface area contributed by atoms with E-state index in [1.807, 2.05) is 33.8 Å². The lowest BCUT2D eigenvalue weighted by molar-refractivity contribution is 0.0571. The summed E-state index contributed by atoms with van der Waals surface area (Å²) in [4.78, 5) is 20.4. The first-order valence-corrected chi connectivity index (χ1v) is 14.3. The largest absolute Gasteiger partial charge is 0.493 e. The van der Waals surface area contributed by atoms with Crippen molar-refractivity contribution in [2.75, 3.05) is 0 Å². The molecule has 0 radical (unpaired) electrons. The van der Waals surface area contributed by atoms with Crippen molar-refractivity contribution in [3.05, 3.63) is 99.9 Å². The molecular weight excluding hydrogens is 528 g/mol. The monoisotopic (exact) mass is 558 g/mol. The van der Waals surface area contributed by atoms with Crippen molar-refractivity contribution in [1.82, 2.24) is 14.5 Å². The summed E-state index contributed by atoms with van der Waals surface area (Å²) in [6.07, 6.45) is 3.56. The lowest BCUT2D eigenvalue weighted by Gasteiger charge is -2.25. The van der Waals surface area contributed by atoms with Crippen LogP contribution in [0.2, 0.25) is 0 Å². The maximum absolute atomic E-state index is 13.8. The second-order valence-electron chi connectivity index (χ2n) is 9.60. The SMILES string of the molecule is CCC(c1cccc(C#N)c1)n1c(COC(C)C)nc(=O)c(S(=O)(=O)c2ccc(-c3ccncc3C)cc2)c1O. The van der Waals surface area contributed by atoms with Crippen LogP contribution in [0.4, 0.5) is 0 Å². The van der Waals surface area contributed by atoms with Gasteiger partial charge in [-0.3, -0.25) is 14.3 Å². The number of sulfone groups is 1. The molecule has 0 amide bonds. The summed E-state index contributed by atoms with van der Waals surface area (Å²) in [5.74, 6) is -0.654. The van der Waals surface area contributed by atoms with E-state index in [-0.39, 0.29) is 23.4 Å². The molecule has 40 heavy (non-hydrogen) atoms. The second-order valence-corrected chi connectivity index (χ2v) is 11.5. The minimum absolute atomic E-state index is 0.0767. The number of aryl methyl sites for hydroxylation is 1. The van der Waals surface area contributed by atoms with E-state index >= 15 is 0 Å². The van der Waals surface area contributed by atoms with E-state index in [0.717, 1.165) is 16.7 Å². The van der Waals surface area contributed by atoms with Crippen molar-refractivity contribution >= 4 is 9.84 Å². The molecule has 206 valence electrons. The topological polar surface area (TPSA) is 135 Å². The highest BCUT2D eigenvalue weighted by Crippen LogP contribution is 2.34. The van der Waals surface area contributed by atoms with Crippen molar-refractivity contribution in [1.29, 1.82) is 5.26 Å². The van der Waals surface area contributed by atoms with Crippen LogP contribution in [0.15, 0.2) is 81.6 Å². The van der Waals surface area contributed by atoms with Gasteiger partial charge in [0.25, 0.3) is 5.56 Å². The van der Waals surface area contributed by atoms with Crippen LogP contribution < -0.4 is 5.56 Å². The molecular formula is C30H30N4O5S. The minimum Gasteiger partial charge on any atom is -0.493 e. The van der Waals surface area contributed by atoms with Gasteiger partial charge in [0.1, 0.15) is 12.4 Å². The molecule has 0 aliphatic heterocycles. The third-order valence-electron chi connectivity index (χ3n) is 6.54. The summed E-state index contributed by atoms with van der Waals surface area (Å²) in [5, 5.41) is 20.9. The number of aromatic hydroxyl groups is 1. The molecule has 4 aromatic rings. The molecule has 0 saturated heterocycles. The van der Waals surface area contributed by atoms with Crippen molar-refractivity contribution < 1.29 is 18.3 Å². The molecule has 0 aliphatic rings. The Morgan fingerprint density at radius 3 is 2.48 bits per heavy atom. The summed E-state index contributed by atoms with van der Waals surface area (Å²) in [6.45, 7) is 7.25. The number of pyridine rings is 1. The molecule has 1 unspecified atom stereocenters. The van der Waals surface area contributed by atoms with Gasteiger partial charge in [-0.1, -0.05) is 31.2 Å². The first-order valence-electron chi connectivity index (χ1n) is 12.8.